The van der Waals surface area contributed by atoms with Gasteiger partial charge in [-0.05, 0) is 18.2 Å². The van der Waals surface area contributed by atoms with Gasteiger partial charge in [-0.3, -0.25) is 4.79 Å². The number of methoxy groups -OCH3 is 1. The van der Waals surface area contributed by atoms with Crippen molar-refractivity contribution in [3.8, 4) is 0 Å². The summed E-state index contributed by atoms with van der Waals surface area (Å²) in [4.78, 5) is 24.9. The number of carbonyl (C=O) groups excluding carboxylic acids is 1. The third-order valence-electron chi connectivity index (χ3n) is 3.16. The van der Waals surface area contributed by atoms with Crippen LogP contribution >= 0.6 is 0 Å². The first-order valence-corrected chi connectivity index (χ1v) is 6.60. The van der Waals surface area contributed by atoms with E-state index in [-0.39, 0.29) is 23.8 Å². The number of anilines is 2. The quantitative estimate of drug-likeness (QED) is 0.835. The van der Waals surface area contributed by atoms with Gasteiger partial charge in [0.05, 0.1) is 24.5 Å². The molecule has 1 heterocycles. The average molecular weight is 294 g/mol. The highest BCUT2D eigenvalue weighted by Crippen LogP contribution is 2.24. The Bertz CT molecular complexity index is 526. The van der Waals surface area contributed by atoms with Crippen LogP contribution in [0, 0.1) is 0 Å². The topological polar surface area (TPSA) is 88.1 Å². The minimum Gasteiger partial charge on any atom is -0.478 e. The lowest BCUT2D eigenvalue weighted by atomic mass is 10.1. The van der Waals surface area contributed by atoms with E-state index in [0.717, 1.165) is 5.69 Å². The van der Waals surface area contributed by atoms with Gasteiger partial charge in [0.1, 0.15) is 6.61 Å². The minimum atomic E-state index is -1.09. The molecule has 21 heavy (non-hydrogen) atoms. The molecule has 7 heteroatoms. The highest BCUT2D eigenvalue weighted by Gasteiger charge is 2.17. The number of ether oxygens (including phenoxy) is 2. The summed E-state index contributed by atoms with van der Waals surface area (Å²) in [7, 11) is 1.40. The lowest BCUT2D eigenvalue weighted by molar-refractivity contribution is -0.119. The van der Waals surface area contributed by atoms with Crippen molar-refractivity contribution >= 4 is 23.3 Å². The van der Waals surface area contributed by atoms with E-state index in [2.05, 4.69) is 10.2 Å². The van der Waals surface area contributed by atoms with Crippen molar-refractivity contribution in [1.82, 2.24) is 0 Å². The SMILES string of the molecule is COCC(=O)Nc1ccc(N2CCOCC2)cc1C(=O)O. The van der Waals surface area contributed by atoms with Gasteiger partial charge in [-0.15, -0.1) is 0 Å². The van der Waals surface area contributed by atoms with E-state index in [0.29, 0.717) is 26.3 Å². The zero-order valence-electron chi connectivity index (χ0n) is 11.8. The molecule has 0 aromatic heterocycles. The Kier molecular flexibility index (Phi) is 5.13. The van der Waals surface area contributed by atoms with Crippen molar-refractivity contribution in [2.24, 2.45) is 0 Å². The highest BCUT2D eigenvalue weighted by atomic mass is 16.5. The first-order chi connectivity index (χ1) is 10.1. The fourth-order valence-corrected chi connectivity index (χ4v) is 2.15. The molecule has 114 valence electrons. The molecule has 1 amide bonds. The number of hydrogen-bond donors (Lipinski definition) is 2. The Morgan fingerprint density at radius 1 is 1.38 bits per heavy atom. The maximum absolute atomic E-state index is 11.5. The molecule has 7 nitrogen and oxygen atoms in total. The molecule has 0 unspecified atom stereocenters. The van der Waals surface area contributed by atoms with Crippen LogP contribution in [0.2, 0.25) is 0 Å². The third-order valence-corrected chi connectivity index (χ3v) is 3.16. The van der Waals surface area contributed by atoms with Crippen molar-refractivity contribution in [2.45, 2.75) is 0 Å². The second-order valence-electron chi connectivity index (χ2n) is 4.62. The van der Waals surface area contributed by atoms with Gasteiger partial charge in [-0.25, -0.2) is 4.79 Å². The Hall–Kier alpha value is -2.12. The summed E-state index contributed by atoms with van der Waals surface area (Å²) in [6, 6.07) is 4.96. The van der Waals surface area contributed by atoms with Gasteiger partial charge < -0.3 is 24.8 Å². The fraction of sp³-hybridized carbons (Fsp3) is 0.429. The van der Waals surface area contributed by atoms with Crippen molar-refractivity contribution < 1.29 is 24.2 Å². The molecule has 2 N–H and O–H groups in total. The van der Waals surface area contributed by atoms with Gasteiger partial charge in [-0.2, -0.15) is 0 Å². The zero-order valence-corrected chi connectivity index (χ0v) is 11.8. The predicted octanol–water partition coefficient (Wildman–Crippen LogP) is 0.806. The van der Waals surface area contributed by atoms with E-state index < -0.39 is 5.97 Å². The number of carbonyl (C=O) groups is 2. The largest absolute Gasteiger partial charge is 0.478 e. The summed E-state index contributed by atoms with van der Waals surface area (Å²) in [5.74, 6) is -1.48. The lowest BCUT2D eigenvalue weighted by Crippen LogP contribution is -2.36. The molecular formula is C14H18N2O5. The van der Waals surface area contributed by atoms with Crippen LogP contribution in [0.3, 0.4) is 0 Å². The van der Waals surface area contributed by atoms with Crippen molar-refractivity contribution in [2.75, 3.05) is 50.2 Å². The molecule has 0 saturated carbocycles. The average Bonchev–Trinajstić information content (AvgIpc) is 2.48. The maximum atomic E-state index is 11.5. The predicted molar refractivity (Wildman–Crippen MR) is 76.9 cm³/mol. The monoisotopic (exact) mass is 294 g/mol. The molecule has 0 atom stereocenters. The van der Waals surface area contributed by atoms with Crippen LogP contribution in [0.4, 0.5) is 11.4 Å². The fourth-order valence-electron chi connectivity index (χ4n) is 2.15. The summed E-state index contributed by atoms with van der Waals surface area (Å²) < 4.78 is 9.99. The number of carboxylic acids is 1. The van der Waals surface area contributed by atoms with Crippen LogP contribution in [0.25, 0.3) is 0 Å². The summed E-state index contributed by atoms with van der Waals surface area (Å²) >= 11 is 0. The number of benzene rings is 1. The number of hydrogen-bond acceptors (Lipinski definition) is 5. The molecule has 0 radical (unpaired) electrons. The van der Waals surface area contributed by atoms with E-state index in [9.17, 15) is 14.7 Å². The Morgan fingerprint density at radius 3 is 2.71 bits per heavy atom. The molecule has 0 spiro atoms. The van der Waals surface area contributed by atoms with Crippen LogP contribution in [0.1, 0.15) is 10.4 Å². The van der Waals surface area contributed by atoms with Crippen molar-refractivity contribution in [3.05, 3.63) is 23.8 Å². The number of rotatable bonds is 5. The zero-order chi connectivity index (χ0) is 15.2. The van der Waals surface area contributed by atoms with Gasteiger partial charge in [0.2, 0.25) is 5.91 Å². The molecular weight excluding hydrogens is 276 g/mol. The Morgan fingerprint density at radius 2 is 2.10 bits per heavy atom. The Balaban J connectivity index is 2.22. The summed E-state index contributed by atoms with van der Waals surface area (Å²) in [5, 5.41) is 11.8. The maximum Gasteiger partial charge on any atom is 0.337 e. The molecule has 1 aliphatic rings. The molecule has 1 saturated heterocycles. The van der Waals surface area contributed by atoms with Crippen molar-refractivity contribution in [1.29, 1.82) is 0 Å². The normalized spacial score (nSPS) is 14.8. The summed E-state index contributed by atoms with van der Waals surface area (Å²) in [6.07, 6.45) is 0. The van der Waals surface area contributed by atoms with E-state index in [1.807, 2.05) is 0 Å². The number of amides is 1. The first-order valence-electron chi connectivity index (χ1n) is 6.60. The molecule has 0 bridgehead atoms. The van der Waals surface area contributed by atoms with Crippen LogP contribution in [-0.4, -0.2) is 57.0 Å². The second-order valence-corrected chi connectivity index (χ2v) is 4.62. The molecule has 1 aliphatic heterocycles. The van der Waals surface area contributed by atoms with Gasteiger partial charge in [0.25, 0.3) is 0 Å². The van der Waals surface area contributed by atoms with Gasteiger partial charge in [0.15, 0.2) is 0 Å². The first kappa shape index (κ1) is 15.3. The van der Waals surface area contributed by atoms with E-state index in [1.54, 1.807) is 18.2 Å². The number of nitrogens with zero attached hydrogens (tertiary/aromatic N) is 1. The third kappa shape index (κ3) is 3.93. The molecule has 2 rings (SSSR count). The number of aromatic carboxylic acids is 1. The molecule has 1 aromatic rings. The summed E-state index contributed by atoms with van der Waals surface area (Å²) in [6.45, 7) is 2.55. The van der Waals surface area contributed by atoms with Gasteiger partial charge in [0, 0.05) is 25.9 Å². The smallest absolute Gasteiger partial charge is 0.337 e. The molecule has 1 aromatic carbocycles. The number of morpholine rings is 1. The van der Waals surface area contributed by atoms with Crippen LogP contribution in [0.5, 0.6) is 0 Å². The number of nitrogens with one attached hydrogen (secondary N) is 1. The van der Waals surface area contributed by atoms with Crippen LogP contribution in [-0.2, 0) is 14.3 Å². The lowest BCUT2D eigenvalue weighted by Gasteiger charge is -2.29. The number of carboxylic acid groups (broad SMARTS) is 1. The van der Waals surface area contributed by atoms with Crippen molar-refractivity contribution in [3.63, 3.8) is 0 Å². The molecule has 0 aliphatic carbocycles. The van der Waals surface area contributed by atoms with E-state index in [1.165, 1.54) is 7.11 Å². The summed E-state index contributed by atoms with van der Waals surface area (Å²) in [5.41, 5.74) is 1.13. The standard InChI is InChI=1S/C14H18N2O5/c1-20-9-13(17)15-12-3-2-10(8-11(12)14(18)19)16-4-6-21-7-5-16/h2-3,8H,4-7,9H2,1H3,(H,15,17)(H,18,19). The highest BCUT2D eigenvalue weighted by molar-refractivity contribution is 6.01. The van der Waals surface area contributed by atoms with Crippen LogP contribution < -0.4 is 10.2 Å². The second kappa shape index (κ2) is 7.05. The minimum absolute atomic E-state index is 0.0587. The van der Waals surface area contributed by atoms with E-state index in [4.69, 9.17) is 9.47 Å². The molecule has 1 fully saturated rings. The van der Waals surface area contributed by atoms with Crippen LogP contribution in [0.15, 0.2) is 18.2 Å². The van der Waals surface area contributed by atoms with Gasteiger partial charge in [-0.1, -0.05) is 0 Å². The van der Waals surface area contributed by atoms with Gasteiger partial charge >= 0.3 is 5.97 Å². The Labute approximate surface area is 122 Å². The van der Waals surface area contributed by atoms with E-state index >= 15 is 0 Å².